The molecular formula is C9H8N4OS2. The Morgan fingerprint density at radius 3 is 3.12 bits per heavy atom. The Morgan fingerprint density at radius 2 is 2.31 bits per heavy atom. The summed E-state index contributed by atoms with van der Waals surface area (Å²) in [7, 11) is 1.05. The van der Waals surface area contributed by atoms with Crippen molar-refractivity contribution in [3.63, 3.8) is 0 Å². The highest BCUT2D eigenvalue weighted by molar-refractivity contribution is 8.16. The molecule has 1 amide bonds. The molecule has 0 aliphatic rings. The standard InChI is InChI=1S/C9H8N4OS2/c14-9(13-10-5-16-15)8-6-3-1-2-4-7(6)11-12-8/h1-5,10H,(H,11,12)(H,13,14). The first-order valence-electron chi connectivity index (χ1n) is 4.42. The zero-order valence-electron chi connectivity index (χ0n) is 8.06. The first kappa shape index (κ1) is 10.9. The third kappa shape index (κ3) is 2.16. The number of nitrogens with one attached hydrogen (secondary N) is 3. The van der Waals surface area contributed by atoms with Gasteiger partial charge in [-0.1, -0.05) is 28.1 Å². The van der Waals surface area contributed by atoms with Crippen LogP contribution in [0.2, 0.25) is 0 Å². The Balaban J connectivity index is 2.26. The topological polar surface area (TPSA) is 69.8 Å². The van der Waals surface area contributed by atoms with Gasteiger partial charge in [-0.3, -0.25) is 15.3 Å². The fourth-order valence-electron chi connectivity index (χ4n) is 1.31. The van der Waals surface area contributed by atoms with Gasteiger partial charge >= 0.3 is 0 Å². The summed E-state index contributed by atoms with van der Waals surface area (Å²) in [6.45, 7) is 0. The molecule has 0 spiro atoms. The second-order valence-corrected chi connectivity index (χ2v) is 3.94. The first-order chi connectivity index (χ1) is 7.83. The van der Waals surface area contributed by atoms with E-state index < -0.39 is 0 Å². The zero-order chi connectivity index (χ0) is 11.4. The molecule has 0 radical (unpaired) electrons. The molecule has 1 aromatic carbocycles. The molecule has 2 aromatic rings. The molecule has 0 fully saturated rings. The number of carbonyl (C=O) groups is 1. The molecule has 5 nitrogen and oxygen atoms in total. The second kappa shape index (κ2) is 4.97. The third-order valence-corrected chi connectivity index (χ3v) is 2.48. The first-order valence-corrected chi connectivity index (χ1v) is 6.22. The number of carbonyl (C=O) groups excluding carboxylic acids is 1. The average Bonchev–Trinajstić information content (AvgIpc) is 2.73. The lowest BCUT2D eigenvalue weighted by molar-refractivity contribution is 0.0941. The normalized spacial score (nSPS) is 10.0. The number of aromatic amines is 1. The van der Waals surface area contributed by atoms with Gasteiger partial charge in [-0.25, -0.2) is 0 Å². The van der Waals surface area contributed by atoms with E-state index in [9.17, 15) is 4.79 Å². The van der Waals surface area contributed by atoms with Crippen LogP contribution in [0, 0.1) is 0 Å². The summed E-state index contributed by atoms with van der Waals surface area (Å²) in [4.78, 5) is 11.7. The van der Waals surface area contributed by atoms with Crippen LogP contribution in [0.15, 0.2) is 24.3 Å². The molecule has 0 aliphatic heterocycles. The number of hydrogen-bond donors (Lipinski definition) is 3. The van der Waals surface area contributed by atoms with Gasteiger partial charge in [0.15, 0.2) is 5.69 Å². The Bertz CT molecular complexity index is 574. The molecule has 1 heterocycles. The van der Waals surface area contributed by atoms with E-state index in [1.165, 1.54) is 5.49 Å². The van der Waals surface area contributed by atoms with Crippen LogP contribution in [0.4, 0.5) is 0 Å². The summed E-state index contributed by atoms with van der Waals surface area (Å²) < 4.78 is 0. The maximum absolute atomic E-state index is 11.7. The van der Waals surface area contributed by atoms with E-state index in [-0.39, 0.29) is 5.91 Å². The van der Waals surface area contributed by atoms with Crippen LogP contribution < -0.4 is 10.9 Å². The summed E-state index contributed by atoms with van der Waals surface area (Å²) >= 11 is 4.61. The maximum Gasteiger partial charge on any atom is 0.286 e. The van der Waals surface area contributed by atoms with Crippen molar-refractivity contribution in [3.05, 3.63) is 30.0 Å². The zero-order valence-corrected chi connectivity index (χ0v) is 9.69. The van der Waals surface area contributed by atoms with Crippen molar-refractivity contribution in [2.24, 2.45) is 0 Å². The van der Waals surface area contributed by atoms with E-state index in [0.717, 1.165) is 20.8 Å². The van der Waals surface area contributed by atoms with Gasteiger partial charge in [0, 0.05) is 5.39 Å². The van der Waals surface area contributed by atoms with Crippen LogP contribution in [0.5, 0.6) is 0 Å². The summed E-state index contributed by atoms with van der Waals surface area (Å²) in [6.07, 6.45) is 0. The summed E-state index contributed by atoms with van der Waals surface area (Å²) in [5, 5.41) is 7.52. The van der Waals surface area contributed by atoms with Crippen molar-refractivity contribution in [1.29, 1.82) is 0 Å². The van der Waals surface area contributed by atoms with Crippen molar-refractivity contribution in [2.45, 2.75) is 0 Å². The van der Waals surface area contributed by atoms with E-state index in [1.807, 2.05) is 24.3 Å². The van der Waals surface area contributed by atoms with E-state index >= 15 is 0 Å². The molecule has 0 unspecified atom stereocenters. The molecule has 0 bridgehead atoms. The molecule has 0 saturated heterocycles. The molecule has 2 rings (SSSR count). The number of hydrazine groups is 1. The second-order valence-electron chi connectivity index (χ2n) is 2.93. The number of H-pyrrole nitrogens is 1. The van der Waals surface area contributed by atoms with Crippen LogP contribution in [-0.4, -0.2) is 21.6 Å². The van der Waals surface area contributed by atoms with Crippen LogP contribution >= 0.6 is 0 Å². The van der Waals surface area contributed by atoms with Crippen molar-refractivity contribution in [3.8, 4) is 0 Å². The Kier molecular flexibility index (Phi) is 3.40. The maximum atomic E-state index is 11.7. The summed E-state index contributed by atoms with van der Waals surface area (Å²) in [5.41, 5.74) is 7.70. The molecule has 7 heteroatoms. The van der Waals surface area contributed by atoms with Crippen molar-refractivity contribution >= 4 is 43.4 Å². The van der Waals surface area contributed by atoms with Gasteiger partial charge in [0.2, 0.25) is 0 Å². The monoisotopic (exact) mass is 252 g/mol. The minimum Gasteiger partial charge on any atom is -0.281 e. The number of rotatable bonds is 3. The van der Waals surface area contributed by atoms with Crippen LogP contribution in [0.1, 0.15) is 10.5 Å². The Morgan fingerprint density at radius 1 is 1.50 bits per heavy atom. The molecule has 1 aromatic heterocycles. The molecule has 0 saturated carbocycles. The minimum absolute atomic E-state index is 0.308. The molecule has 82 valence electrons. The highest BCUT2D eigenvalue weighted by Crippen LogP contribution is 2.14. The van der Waals surface area contributed by atoms with E-state index in [4.69, 9.17) is 0 Å². The van der Waals surface area contributed by atoms with E-state index in [2.05, 4.69) is 32.2 Å². The van der Waals surface area contributed by atoms with Gasteiger partial charge < -0.3 is 0 Å². The fourth-order valence-corrected chi connectivity index (χ4v) is 1.57. The number of para-hydroxylation sites is 1. The minimum atomic E-state index is -0.308. The lowest BCUT2D eigenvalue weighted by Crippen LogP contribution is -2.36. The van der Waals surface area contributed by atoms with E-state index in [0.29, 0.717) is 5.69 Å². The Labute approximate surface area is 99.4 Å². The average molecular weight is 252 g/mol. The molecule has 16 heavy (non-hydrogen) atoms. The van der Waals surface area contributed by atoms with Gasteiger partial charge in [-0.2, -0.15) is 10.5 Å². The fraction of sp³-hybridized carbons (Fsp3) is 0. The third-order valence-electron chi connectivity index (χ3n) is 1.98. The van der Waals surface area contributed by atoms with E-state index in [1.54, 1.807) is 0 Å². The smallest absolute Gasteiger partial charge is 0.281 e. The number of hydrogen-bond acceptors (Lipinski definition) is 3. The lowest BCUT2D eigenvalue weighted by atomic mass is 10.2. The number of benzene rings is 1. The van der Waals surface area contributed by atoms with Crippen molar-refractivity contribution < 1.29 is 4.79 Å². The van der Waals surface area contributed by atoms with Crippen LogP contribution in [0.25, 0.3) is 10.9 Å². The van der Waals surface area contributed by atoms with Crippen molar-refractivity contribution in [2.75, 3.05) is 0 Å². The summed E-state index contributed by atoms with van der Waals surface area (Å²) in [5.74, 6) is -0.308. The predicted molar refractivity (Wildman–Crippen MR) is 67.5 cm³/mol. The number of aromatic nitrogens is 2. The van der Waals surface area contributed by atoms with Gasteiger partial charge in [-0.05, 0) is 17.3 Å². The number of fused-ring (bicyclic) bond motifs is 1. The highest BCUT2D eigenvalue weighted by Gasteiger charge is 2.12. The lowest BCUT2D eigenvalue weighted by Gasteiger charge is -1.99. The number of amides is 1. The van der Waals surface area contributed by atoms with Crippen LogP contribution in [-0.2, 0) is 21.1 Å². The highest BCUT2D eigenvalue weighted by atomic mass is 32.8. The molecule has 3 N–H and O–H groups in total. The van der Waals surface area contributed by atoms with Crippen LogP contribution in [0.3, 0.4) is 0 Å². The number of nitrogens with zero attached hydrogens (tertiary/aromatic N) is 1. The quantitative estimate of drug-likeness (QED) is 0.535. The molecular weight excluding hydrogens is 244 g/mol. The van der Waals surface area contributed by atoms with Gasteiger partial charge in [0.05, 0.1) is 11.0 Å². The Hall–Kier alpha value is -1.57. The SMILES string of the molecule is O=C(NNC=S=S)c1n[nH]c2ccccc12. The van der Waals surface area contributed by atoms with Gasteiger partial charge in [0.25, 0.3) is 5.91 Å². The van der Waals surface area contributed by atoms with Crippen molar-refractivity contribution in [1.82, 2.24) is 21.0 Å². The van der Waals surface area contributed by atoms with Gasteiger partial charge in [0.1, 0.15) is 0 Å². The molecule has 0 atom stereocenters. The molecule has 0 aliphatic carbocycles. The van der Waals surface area contributed by atoms with Gasteiger partial charge in [-0.15, -0.1) is 0 Å². The predicted octanol–water partition coefficient (Wildman–Crippen LogP) is 0.101. The summed E-state index contributed by atoms with van der Waals surface area (Å²) in [6, 6.07) is 7.42. The largest absolute Gasteiger partial charge is 0.286 e.